The van der Waals surface area contributed by atoms with E-state index in [9.17, 15) is 17.6 Å². The van der Waals surface area contributed by atoms with Crippen LogP contribution in [0.5, 0.6) is 5.75 Å². The average molecular weight is 352 g/mol. The van der Waals surface area contributed by atoms with Gasteiger partial charge in [-0.2, -0.15) is 4.39 Å². The van der Waals surface area contributed by atoms with Crippen LogP contribution >= 0.6 is 15.9 Å². The molecule has 0 spiro atoms. The van der Waals surface area contributed by atoms with Gasteiger partial charge in [0.05, 0.1) is 5.69 Å². The fourth-order valence-electron chi connectivity index (χ4n) is 1.35. The first-order valence-electron chi connectivity index (χ1n) is 5.13. The van der Waals surface area contributed by atoms with E-state index in [0.717, 1.165) is 18.5 Å². The molecule has 1 heterocycles. The zero-order valence-electron chi connectivity index (χ0n) is 9.58. The average Bonchev–Trinajstić information content (AvgIpc) is 2.31. The summed E-state index contributed by atoms with van der Waals surface area (Å²) < 4.78 is 54.1. The smallest absolute Gasteiger partial charge is 0.404 e. The third-order valence-corrected chi connectivity index (χ3v) is 2.56. The third kappa shape index (κ3) is 4.05. The molecule has 4 nitrogen and oxygen atoms in total. The Morgan fingerprint density at radius 2 is 1.90 bits per heavy atom. The first kappa shape index (κ1) is 14.5. The summed E-state index contributed by atoms with van der Waals surface area (Å²) in [6.07, 6.45) is -3.89. The number of hydrogen-bond donors (Lipinski definition) is 1. The second-order valence-corrected chi connectivity index (χ2v) is 4.45. The van der Waals surface area contributed by atoms with Gasteiger partial charge < -0.3 is 10.1 Å². The lowest BCUT2D eigenvalue weighted by Crippen LogP contribution is -2.18. The zero-order valence-corrected chi connectivity index (χ0v) is 11.2. The summed E-state index contributed by atoms with van der Waals surface area (Å²) >= 11 is 3.04. The quantitative estimate of drug-likeness (QED) is 0.670. The van der Waals surface area contributed by atoms with Gasteiger partial charge in [0.25, 0.3) is 0 Å². The van der Waals surface area contributed by atoms with Crippen molar-refractivity contribution in [1.82, 2.24) is 9.97 Å². The van der Waals surface area contributed by atoms with Crippen molar-refractivity contribution < 1.29 is 22.3 Å². The van der Waals surface area contributed by atoms with E-state index in [1.165, 1.54) is 12.1 Å². The molecule has 2 aromatic rings. The summed E-state index contributed by atoms with van der Waals surface area (Å²) in [5, 5.41) is 2.53. The highest BCUT2D eigenvalue weighted by molar-refractivity contribution is 9.10. The summed E-state index contributed by atoms with van der Waals surface area (Å²) in [5.74, 6) is -1.27. The van der Waals surface area contributed by atoms with Crippen molar-refractivity contribution in [3.05, 3.63) is 41.0 Å². The van der Waals surface area contributed by atoms with Gasteiger partial charge in [-0.1, -0.05) is 15.9 Å². The Morgan fingerprint density at radius 3 is 2.55 bits per heavy atom. The summed E-state index contributed by atoms with van der Waals surface area (Å²) in [6, 6.07) is 4.92. The number of nitrogens with zero attached hydrogens (tertiary/aromatic N) is 2. The van der Waals surface area contributed by atoms with Crippen LogP contribution < -0.4 is 10.1 Å². The summed E-state index contributed by atoms with van der Waals surface area (Å²) in [7, 11) is 0. The molecule has 1 N–H and O–H groups in total. The second-order valence-electron chi connectivity index (χ2n) is 3.54. The molecular formula is C11H6BrF4N3O. The van der Waals surface area contributed by atoms with Gasteiger partial charge in [0.15, 0.2) is 5.75 Å². The lowest BCUT2D eigenvalue weighted by atomic mass is 10.3. The number of alkyl halides is 3. The fourth-order valence-corrected chi connectivity index (χ4v) is 1.69. The van der Waals surface area contributed by atoms with Gasteiger partial charge >= 0.3 is 6.36 Å². The highest BCUT2D eigenvalue weighted by atomic mass is 79.9. The number of ether oxygens (including phenoxy) is 1. The molecule has 2 rings (SSSR count). The molecule has 0 aliphatic rings. The fraction of sp³-hybridized carbons (Fsp3) is 0.0909. The standard InChI is InChI=1S/C11H6BrF4N3O/c12-6-1-2-7(8(3-6)20-11(14,15)16)19-10-4-9(13)17-5-18-10/h1-5H,(H,17,18,19). The Hall–Kier alpha value is -1.90. The molecule has 0 aliphatic carbocycles. The van der Waals surface area contributed by atoms with Crippen LogP contribution in [0.25, 0.3) is 0 Å². The normalized spacial score (nSPS) is 11.2. The zero-order chi connectivity index (χ0) is 14.8. The van der Waals surface area contributed by atoms with Gasteiger partial charge in [-0.25, -0.2) is 9.97 Å². The summed E-state index contributed by atoms with van der Waals surface area (Å²) in [6.45, 7) is 0. The Bertz CT molecular complexity index is 621. The number of aromatic nitrogens is 2. The molecule has 1 aromatic carbocycles. The largest absolute Gasteiger partial charge is 0.573 e. The van der Waals surface area contributed by atoms with Crippen LogP contribution in [0.1, 0.15) is 0 Å². The lowest BCUT2D eigenvalue weighted by Gasteiger charge is -2.14. The first-order valence-corrected chi connectivity index (χ1v) is 5.93. The Labute approximate surface area is 118 Å². The predicted octanol–water partition coefficient (Wildman–Crippen LogP) is 4.02. The predicted molar refractivity (Wildman–Crippen MR) is 66.1 cm³/mol. The molecule has 0 atom stereocenters. The summed E-state index contributed by atoms with van der Waals surface area (Å²) in [5.41, 5.74) is -0.0105. The van der Waals surface area contributed by atoms with Crippen LogP contribution in [0, 0.1) is 5.95 Å². The molecule has 0 aliphatic heterocycles. The van der Waals surface area contributed by atoms with Crippen molar-refractivity contribution in [2.75, 3.05) is 5.32 Å². The maximum Gasteiger partial charge on any atom is 0.573 e. The van der Waals surface area contributed by atoms with E-state index in [4.69, 9.17) is 0 Å². The monoisotopic (exact) mass is 351 g/mol. The van der Waals surface area contributed by atoms with Gasteiger partial charge in [-0.3, -0.25) is 0 Å². The van der Waals surface area contributed by atoms with E-state index in [-0.39, 0.29) is 11.5 Å². The molecule has 0 radical (unpaired) electrons. The molecule has 20 heavy (non-hydrogen) atoms. The maximum atomic E-state index is 12.9. The second kappa shape index (κ2) is 5.61. The number of halogens is 5. The van der Waals surface area contributed by atoms with Gasteiger partial charge in [0.2, 0.25) is 5.95 Å². The van der Waals surface area contributed by atoms with E-state index in [0.29, 0.717) is 4.47 Å². The van der Waals surface area contributed by atoms with Crippen molar-refractivity contribution in [3.63, 3.8) is 0 Å². The van der Waals surface area contributed by atoms with E-state index in [1.807, 2.05) is 0 Å². The minimum atomic E-state index is -4.84. The lowest BCUT2D eigenvalue weighted by molar-refractivity contribution is -0.274. The van der Waals surface area contributed by atoms with E-state index in [1.54, 1.807) is 0 Å². The van der Waals surface area contributed by atoms with E-state index >= 15 is 0 Å². The number of benzene rings is 1. The first-order chi connectivity index (χ1) is 9.33. The molecule has 0 bridgehead atoms. The Kier molecular flexibility index (Phi) is 4.07. The van der Waals surface area contributed by atoms with Crippen molar-refractivity contribution in [2.45, 2.75) is 6.36 Å². The minimum Gasteiger partial charge on any atom is -0.404 e. The maximum absolute atomic E-state index is 12.9. The van der Waals surface area contributed by atoms with Gasteiger partial charge in [0, 0.05) is 10.5 Å². The van der Waals surface area contributed by atoms with Crippen LogP contribution in [-0.4, -0.2) is 16.3 Å². The number of hydrogen-bond acceptors (Lipinski definition) is 4. The van der Waals surface area contributed by atoms with Crippen molar-refractivity contribution >= 4 is 27.4 Å². The molecule has 0 fully saturated rings. The molecule has 1 aromatic heterocycles. The van der Waals surface area contributed by atoms with Crippen LogP contribution in [0.15, 0.2) is 35.1 Å². The van der Waals surface area contributed by atoms with Crippen LogP contribution in [0.3, 0.4) is 0 Å². The Balaban J connectivity index is 2.31. The third-order valence-electron chi connectivity index (χ3n) is 2.07. The molecule has 106 valence electrons. The van der Waals surface area contributed by atoms with E-state index < -0.39 is 18.1 Å². The molecule has 0 saturated carbocycles. The minimum absolute atomic E-state index is 0.00634. The van der Waals surface area contributed by atoms with Gasteiger partial charge in [-0.05, 0) is 18.2 Å². The number of rotatable bonds is 3. The van der Waals surface area contributed by atoms with Crippen LogP contribution in [0.2, 0.25) is 0 Å². The number of nitrogens with one attached hydrogen (secondary N) is 1. The number of anilines is 2. The van der Waals surface area contributed by atoms with Crippen LogP contribution in [0.4, 0.5) is 29.1 Å². The SMILES string of the molecule is Fc1cc(Nc2ccc(Br)cc2OC(F)(F)F)ncn1. The van der Waals surface area contributed by atoms with Crippen molar-refractivity contribution in [3.8, 4) is 5.75 Å². The topological polar surface area (TPSA) is 47.0 Å². The van der Waals surface area contributed by atoms with Gasteiger partial charge in [0.1, 0.15) is 12.1 Å². The molecule has 0 amide bonds. The molecular weight excluding hydrogens is 346 g/mol. The summed E-state index contributed by atoms with van der Waals surface area (Å²) in [4.78, 5) is 6.93. The molecule has 0 saturated heterocycles. The van der Waals surface area contributed by atoms with Gasteiger partial charge in [-0.15, -0.1) is 13.2 Å². The van der Waals surface area contributed by atoms with Crippen molar-refractivity contribution in [2.24, 2.45) is 0 Å². The van der Waals surface area contributed by atoms with Crippen LogP contribution in [-0.2, 0) is 0 Å². The highest BCUT2D eigenvalue weighted by Gasteiger charge is 2.32. The Morgan fingerprint density at radius 1 is 1.15 bits per heavy atom. The van der Waals surface area contributed by atoms with Crippen molar-refractivity contribution in [1.29, 1.82) is 0 Å². The molecule has 9 heteroatoms. The highest BCUT2D eigenvalue weighted by Crippen LogP contribution is 2.34. The van der Waals surface area contributed by atoms with E-state index in [2.05, 4.69) is 36.0 Å². The molecule has 0 unspecified atom stereocenters.